The van der Waals surface area contributed by atoms with Crippen molar-refractivity contribution in [3.05, 3.63) is 99.8 Å². The molecule has 1 N–H and O–H groups in total. The van der Waals surface area contributed by atoms with Crippen molar-refractivity contribution in [1.29, 1.82) is 0 Å². The monoisotopic (exact) mass is 430 g/mol. The number of anilines is 2. The second-order valence-electron chi connectivity index (χ2n) is 6.80. The first-order chi connectivity index (χ1) is 14.6. The molecule has 0 atom stereocenters. The normalized spacial score (nSPS) is 14.1. The van der Waals surface area contributed by atoms with Crippen LogP contribution in [0.2, 0.25) is 5.02 Å². The molecule has 2 amide bonds. The van der Waals surface area contributed by atoms with Gasteiger partial charge in [0.15, 0.2) is 0 Å². The molecule has 4 nitrogen and oxygen atoms in total. The number of halogens is 1. The zero-order valence-corrected chi connectivity index (χ0v) is 17.2. The molecule has 3 aromatic carbocycles. The summed E-state index contributed by atoms with van der Waals surface area (Å²) in [6.07, 6.45) is 0. The quantitative estimate of drug-likeness (QED) is 0.407. The number of thiophene rings is 1. The fraction of sp³-hybridized carbons (Fsp3) is 0. The molecule has 4 aromatic rings. The predicted molar refractivity (Wildman–Crippen MR) is 123 cm³/mol. The van der Waals surface area contributed by atoms with Crippen molar-refractivity contribution >= 4 is 62.5 Å². The minimum absolute atomic E-state index is 0.263. The molecule has 0 unspecified atom stereocenters. The Hall–Kier alpha value is -3.41. The van der Waals surface area contributed by atoms with E-state index in [1.165, 1.54) is 16.2 Å². The number of benzene rings is 3. The summed E-state index contributed by atoms with van der Waals surface area (Å²) >= 11 is 7.53. The van der Waals surface area contributed by atoms with E-state index in [-0.39, 0.29) is 11.6 Å². The van der Waals surface area contributed by atoms with Gasteiger partial charge >= 0.3 is 0 Å². The molecule has 0 saturated carbocycles. The summed E-state index contributed by atoms with van der Waals surface area (Å²) in [5.41, 5.74) is 1.84. The fourth-order valence-electron chi connectivity index (χ4n) is 3.61. The smallest absolute Gasteiger partial charge is 0.282 e. The van der Waals surface area contributed by atoms with Crippen LogP contribution >= 0.6 is 22.9 Å². The maximum absolute atomic E-state index is 13.4. The summed E-state index contributed by atoms with van der Waals surface area (Å²) in [6.45, 7) is 0. The molecule has 5 rings (SSSR count). The van der Waals surface area contributed by atoms with Crippen molar-refractivity contribution in [3.8, 4) is 0 Å². The zero-order chi connectivity index (χ0) is 20.7. The van der Waals surface area contributed by atoms with Crippen molar-refractivity contribution in [1.82, 2.24) is 0 Å². The van der Waals surface area contributed by atoms with Gasteiger partial charge in [-0.05, 0) is 41.1 Å². The van der Waals surface area contributed by atoms with Crippen LogP contribution in [-0.2, 0) is 9.59 Å². The number of nitrogens with zero attached hydrogens (tertiary/aromatic N) is 1. The molecule has 0 fully saturated rings. The second kappa shape index (κ2) is 7.44. The Balaban J connectivity index is 1.65. The van der Waals surface area contributed by atoms with Gasteiger partial charge in [0, 0.05) is 21.0 Å². The van der Waals surface area contributed by atoms with Gasteiger partial charge in [0.1, 0.15) is 5.70 Å². The van der Waals surface area contributed by atoms with E-state index in [9.17, 15) is 9.59 Å². The number of carbonyl (C=O) groups excluding carboxylic acids is 2. The SMILES string of the molecule is O=C1C(Nc2cccc3ccccc23)=C(c2cccs2)C(=O)N1c1cccc(Cl)c1. The molecule has 0 saturated heterocycles. The van der Waals surface area contributed by atoms with Crippen LogP contribution in [0.4, 0.5) is 11.4 Å². The third-order valence-corrected chi connectivity index (χ3v) is 6.09. The summed E-state index contributed by atoms with van der Waals surface area (Å²) < 4.78 is 0. The van der Waals surface area contributed by atoms with Crippen molar-refractivity contribution in [2.24, 2.45) is 0 Å². The van der Waals surface area contributed by atoms with Crippen molar-refractivity contribution in [2.45, 2.75) is 0 Å². The average molecular weight is 431 g/mol. The minimum atomic E-state index is -0.404. The number of nitrogens with one attached hydrogen (secondary N) is 1. The van der Waals surface area contributed by atoms with E-state index >= 15 is 0 Å². The Morgan fingerprint density at radius 3 is 2.43 bits per heavy atom. The first kappa shape index (κ1) is 18.6. The Bertz CT molecular complexity index is 1320. The van der Waals surface area contributed by atoms with Gasteiger partial charge in [0.05, 0.1) is 11.3 Å². The Morgan fingerprint density at radius 2 is 1.63 bits per heavy atom. The van der Waals surface area contributed by atoms with Crippen LogP contribution in [0.1, 0.15) is 4.88 Å². The molecule has 2 heterocycles. The van der Waals surface area contributed by atoms with Gasteiger partial charge in [0.25, 0.3) is 11.8 Å². The van der Waals surface area contributed by atoms with E-state index in [1.807, 2.05) is 60.0 Å². The predicted octanol–water partition coefficient (Wildman–Crippen LogP) is 5.95. The number of rotatable bonds is 4. The van der Waals surface area contributed by atoms with Crippen LogP contribution in [0, 0.1) is 0 Å². The molecule has 30 heavy (non-hydrogen) atoms. The van der Waals surface area contributed by atoms with E-state index in [0.717, 1.165) is 21.3 Å². The maximum Gasteiger partial charge on any atom is 0.282 e. The van der Waals surface area contributed by atoms with Crippen LogP contribution in [-0.4, -0.2) is 11.8 Å². The first-order valence-corrected chi connectivity index (χ1v) is 10.6. The van der Waals surface area contributed by atoms with Gasteiger partial charge in [-0.3, -0.25) is 9.59 Å². The van der Waals surface area contributed by atoms with Gasteiger partial charge in [-0.15, -0.1) is 11.3 Å². The summed E-state index contributed by atoms with van der Waals surface area (Å²) in [7, 11) is 0. The number of hydrogen-bond donors (Lipinski definition) is 1. The summed E-state index contributed by atoms with van der Waals surface area (Å²) in [4.78, 5) is 28.7. The first-order valence-electron chi connectivity index (χ1n) is 9.31. The molecular formula is C24H15ClN2O2S. The summed E-state index contributed by atoms with van der Waals surface area (Å²) in [5, 5.41) is 7.62. The van der Waals surface area contributed by atoms with Gasteiger partial charge < -0.3 is 5.32 Å². The third kappa shape index (κ3) is 3.09. The summed E-state index contributed by atoms with van der Waals surface area (Å²) in [5.74, 6) is -0.772. The zero-order valence-electron chi connectivity index (χ0n) is 15.6. The van der Waals surface area contributed by atoms with Gasteiger partial charge in [-0.1, -0.05) is 60.1 Å². The lowest BCUT2D eigenvalue weighted by atomic mass is 10.1. The number of hydrogen-bond acceptors (Lipinski definition) is 4. The molecule has 0 bridgehead atoms. The average Bonchev–Trinajstić information content (AvgIpc) is 3.35. The van der Waals surface area contributed by atoms with Crippen LogP contribution in [0.25, 0.3) is 16.3 Å². The highest BCUT2D eigenvalue weighted by Crippen LogP contribution is 2.37. The highest BCUT2D eigenvalue weighted by atomic mass is 35.5. The lowest BCUT2D eigenvalue weighted by Gasteiger charge is -2.16. The van der Waals surface area contributed by atoms with Crippen molar-refractivity contribution < 1.29 is 9.59 Å². The summed E-state index contributed by atoms with van der Waals surface area (Å²) in [6, 6.07) is 24.2. The van der Waals surface area contributed by atoms with E-state index < -0.39 is 5.91 Å². The minimum Gasteiger partial charge on any atom is -0.350 e. The molecule has 0 radical (unpaired) electrons. The molecule has 6 heteroatoms. The molecule has 1 aliphatic heterocycles. The largest absolute Gasteiger partial charge is 0.350 e. The number of imide groups is 1. The molecule has 0 aliphatic carbocycles. The van der Waals surface area contributed by atoms with Crippen molar-refractivity contribution in [2.75, 3.05) is 10.2 Å². The van der Waals surface area contributed by atoms with E-state index in [0.29, 0.717) is 16.3 Å². The van der Waals surface area contributed by atoms with E-state index in [2.05, 4.69) is 5.32 Å². The highest BCUT2D eigenvalue weighted by molar-refractivity contribution is 7.11. The molecule has 1 aliphatic rings. The molecule has 146 valence electrons. The standard InChI is InChI=1S/C24H15ClN2O2S/c25-16-8-4-9-17(14-16)27-23(28)21(20-12-5-13-30-20)22(24(27)29)26-19-11-3-7-15-6-1-2-10-18(15)19/h1-14,26H. The Labute approximate surface area is 182 Å². The lowest BCUT2D eigenvalue weighted by molar-refractivity contribution is -0.120. The van der Waals surface area contributed by atoms with Crippen LogP contribution < -0.4 is 10.2 Å². The molecule has 0 spiro atoms. The second-order valence-corrected chi connectivity index (χ2v) is 8.19. The van der Waals surface area contributed by atoms with Gasteiger partial charge in [0.2, 0.25) is 0 Å². The van der Waals surface area contributed by atoms with E-state index in [1.54, 1.807) is 24.3 Å². The Morgan fingerprint density at radius 1 is 0.833 bits per heavy atom. The van der Waals surface area contributed by atoms with Gasteiger partial charge in [-0.2, -0.15) is 0 Å². The fourth-order valence-corrected chi connectivity index (χ4v) is 4.57. The Kier molecular flexibility index (Phi) is 4.62. The molecular weight excluding hydrogens is 416 g/mol. The maximum atomic E-state index is 13.4. The van der Waals surface area contributed by atoms with Crippen LogP contribution in [0.15, 0.2) is 89.9 Å². The number of fused-ring (bicyclic) bond motifs is 1. The van der Waals surface area contributed by atoms with E-state index in [4.69, 9.17) is 11.6 Å². The van der Waals surface area contributed by atoms with Crippen molar-refractivity contribution in [3.63, 3.8) is 0 Å². The lowest BCUT2D eigenvalue weighted by Crippen LogP contribution is -2.32. The number of carbonyl (C=O) groups is 2. The topological polar surface area (TPSA) is 49.4 Å². The number of amides is 2. The van der Waals surface area contributed by atoms with Crippen LogP contribution in [0.5, 0.6) is 0 Å². The molecule has 1 aromatic heterocycles. The van der Waals surface area contributed by atoms with Crippen LogP contribution in [0.3, 0.4) is 0 Å². The third-order valence-electron chi connectivity index (χ3n) is 4.97. The highest BCUT2D eigenvalue weighted by Gasteiger charge is 2.40. The van der Waals surface area contributed by atoms with Gasteiger partial charge in [-0.25, -0.2) is 4.90 Å².